The molecule has 0 unspecified atom stereocenters. The van der Waals surface area contributed by atoms with E-state index >= 15 is 0 Å². The molecule has 0 saturated heterocycles. The van der Waals surface area contributed by atoms with Gasteiger partial charge in [-0.25, -0.2) is 0 Å². The molecule has 0 spiro atoms. The van der Waals surface area contributed by atoms with Crippen molar-refractivity contribution in [2.45, 2.75) is 19.3 Å². The van der Waals surface area contributed by atoms with Gasteiger partial charge in [-0.3, -0.25) is 4.79 Å². The molecule has 1 aliphatic carbocycles. The number of ether oxygens (including phenoxy) is 1. The van der Waals surface area contributed by atoms with E-state index < -0.39 is 0 Å². The first-order valence-electron chi connectivity index (χ1n) is 7.12. The molecule has 0 atom stereocenters. The Morgan fingerprint density at radius 1 is 1.09 bits per heavy atom. The highest BCUT2D eigenvalue weighted by Gasteiger charge is 2.13. The number of rotatable bonds is 4. The van der Waals surface area contributed by atoms with Crippen molar-refractivity contribution in [3.05, 3.63) is 57.6 Å². The van der Waals surface area contributed by atoms with Crippen molar-refractivity contribution in [3.63, 3.8) is 0 Å². The average molecular weight is 336 g/mol. The van der Waals surface area contributed by atoms with Gasteiger partial charge in [0.2, 0.25) is 0 Å². The summed E-state index contributed by atoms with van der Waals surface area (Å²) in [5, 5.41) is 3.48. The minimum atomic E-state index is -0.296. The van der Waals surface area contributed by atoms with Crippen LogP contribution in [0.5, 0.6) is 5.75 Å². The Morgan fingerprint density at radius 3 is 2.59 bits per heavy atom. The summed E-state index contributed by atoms with van der Waals surface area (Å²) in [6.07, 6.45) is 3.39. The summed E-state index contributed by atoms with van der Waals surface area (Å²) in [6, 6.07) is 11.1. The molecule has 2 aromatic rings. The van der Waals surface area contributed by atoms with Crippen molar-refractivity contribution < 1.29 is 9.53 Å². The number of hydrogen-bond acceptors (Lipinski definition) is 2. The van der Waals surface area contributed by atoms with Crippen molar-refractivity contribution in [2.75, 3.05) is 11.9 Å². The number of carbonyl (C=O) groups excluding carboxylic acids is 1. The normalized spacial score (nSPS) is 12.8. The Bertz CT molecular complexity index is 696. The first-order chi connectivity index (χ1) is 10.6. The molecular weight excluding hydrogens is 321 g/mol. The third kappa shape index (κ3) is 3.37. The first kappa shape index (κ1) is 15.2. The number of aryl methyl sites for hydroxylation is 2. The van der Waals surface area contributed by atoms with E-state index in [2.05, 4.69) is 11.4 Å². The number of halogens is 2. The fraction of sp³-hybridized carbons (Fsp3) is 0.235. The van der Waals surface area contributed by atoms with Crippen LogP contribution in [0.25, 0.3) is 0 Å². The maximum atomic E-state index is 12.0. The van der Waals surface area contributed by atoms with E-state index in [1.165, 1.54) is 17.5 Å². The molecule has 0 aliphatic heterocycles. The van der Waals surface area contributed by atoms with E-state index in [9.17, 15) is 4.79 Å². The molecule has 2 aromatic carbocycles. The molecule has 3 nitrogen and oxygen atoms in total. The average Bonchev–Trinajstić information content (AvgIpc) is 2.96. The highest BCUT2D eigenvalue weighted by Crippen LogP contribution is 2.30. The van der Waals surface area contributed by atoms with E-state index in [1.54, 1.807) is 18.2 Å². The van der Waals surface area contributed by atoms with Crippen LogP contribution < -0.4 is 10.1 Å². The van der Waals surface area contributed by atoms with Crippen LogP contribution in [0, 0.1) is 0 Å². The number of amides is 1. The molecule has 0 aromatic heterocycles. The highest BCUT2D eigenvalue weighted by molar-refractivity contribution is 6.39. The molecule has 22 heavy (non-hydrogen) atoms. The Kier molecular flexibility index (Phi) is 4.55. The summed E-state index contributed by atoms with van der Waals surface area (Å²) in [4.78, 5) is 12.0. The van der Waals surface area contributed by atoms with E-state index in [4.69, 9.17) is 27.9 Å². The molecule has 0 fully saturated rings. The standard InChI is InChI=1S/C17H15Cl2NO2/c18-14-5-2-6-15(19)17(14)20-16(21)10-22-13-8-7-11-3-1-4-12(11)9-13/h2,5-9H,1,3-4,10H2,(H,20,21). The summed E-state index contributed by atoms with van der Waals surface area (Å²) in [6.45, 7) is -0.0830. The molecule has 0 radical (unpaired) electrons. The number of benzene rings is 2. The van der Waals surface area contributed by atoms with Gasteiger partial charge in [-0.1, -0.05) is 35.3 Å². The summed E-state index contributed by atoms with van der Waals surface area (Å²) >= 11 is 12.0. The van der Waals surface area contributed by atoms with Gasteiger partial charge in [0.25, 0.3) is 5.91 Å². The zero-order valence-corrected chi connectivity index (χ0v) is 13.4. The summed E-state index contributed by atoms with van der Waals surface area (Å²) in [5.41, 5.74) is 3.10. The van der Waals surface area contributed by atoms with E-state index in [0.717, 1.165) is 12.8 Å². The minimum absolute atomic E-state index is 0.0830. The van der Waals surface area contributed by atoms with Crippen LogP contribution in [-0.4, -0.2) is 12.5 Å². The van der Waals surface area contributed by atoms with Crippen LogP contribution in [-0.2, 0) is 17.6 Å². The number of anilines is 1. The number of hydrogen-bond donors (Lipinski definition) is 1. The largest absolute Gasteiger partial charge is 0.484 e. The molecule has 114 valence electrons. The monoisotopic (exact) mass is 335 g/mol. The maximum absolute atomic E-state index is 12.0. The predicted molar refractivity (Wildman–Crippen MR) is 89.1 cm³/mol. The van der Waals surface area contributed by atoms with Crippen LogP contribution in [0.3, 0.4) is 0 Å². The molecule has 1 N–H and O–H groups in total. The van der Waals surface area contributed by atoms with Gasteiger partial charge in [0.1, 0.15) is 5.75 Å². The summed E-state index contributed by atoms with van der Waals surface area (Å²) in [7, 11) is 0. The van der Waals surface area contributed by atoms with Crippen molar-refractivity contribution in [1.29, 1.82) is 0 Å². The van der Waals surface area contributed by atoms with E-state index in [-0.39, 0.29) is 12.5 Å². The molecule has 5 heteroatoms. The first-order valence-corrected chi connectivity index (χ1v) is 7.87. The molecular formula is C17H15Cl2NO2. The lowest BCUT2D eigenvalue weighted by Gasteiger charge is -2.11. The number of para-hydroxylation sites is 1. The van der Waals surface area contributed by atoms with Crippen molar-refractivity contribution in [2.24, 2.45) is 0 Å². The number of fused-ring (bicyclic) bond motifs is 1. The van der Waals surface area contributed by atoms with Gasteiger partial charge in [-0.05, 0) is 54.7 Å². The lowest BCUT2D eigenvalue weighted by molar-refractivity contribution is -0.118. The molecule has 0 saturated carbocycles. The fourth-order valence-corrected chi connectivity index (χ4v) is 3.07. The van der Waals surface area contributed by atoms with Gasteiger partial charge in [-0.15, -0.1) is 0 Å². The quantitative estimate of drug-likeness (QED) is 0.893. The topological polar surface area (TPSA) is 38.3 Å². The summed E-state index contributed by atoms with van der Waals surface area (Å²) < 4.78 is 5.55. The second kappa shape index (κ2) is 6.59. The van der Waals surface area contributed by atoms with Gasteiger partial charge in [0.15, 0.2) is 6.61 Å². The number of carbonyl (C=O) groups is 1. The van der Waals surface area contributed by atoms with Crippen LogP contribution in [0.15, 0.2) is 36.4 Å². The molecule has 3 rings (SSSR count). The van der Waals surface area contributed by atoms with Crippen LogP contribution >= 0.6 is 23.2 Å². The van der Waals surface area contributed by atoms with Crippen molar-refractivity contribution in [3.8, 4) is 5.75 Å². The molecule has 0 heterocycles. The van der Waals surface area contributed by atoms with Crippen LogP contribution in [0.4, 0.5) is 5.69 Å². The smallest absolute Gasteiger partial charge is 0.262 e. The van der Waals surface area contributed by atoms with E-state index in [1.807, 2.05) is 12.1 Å². The lowest BCUT2D eigenvalue weighted by atomic mass is 10.1. The van der Waals surface area contributed by atoms with Gasteiger partial charge in [-0.2, -0.15) is 0 Å². The fourth-order valence-electron chi connectivity index (χ4n) is 2.58. The van der Waals surface area contributed by atoms with E-state index in [0.29, 0.717) is 21.5 Å². The van der Waals surface area contributed by atoms with Gasteiger partial charge in [0, 0.05) is 0 Å². The third-order valence-corrected chi connectivity index (χ3v) is 4.30. The maximum Gasteiger partial charge on any atom is 0.262 e. The number of nitrogens with one attached hydrogen (secondary N) is 1. The molecule has 1 amide bonds. The third-order valence-electron chi connectivity index (χ3n) is 3.67. The predicted octanol–water partition coefficient (Wildman–Crippen LogP) is 4.50. The Morgan fingerprint density at radius 2 is 1.82 bits per heavy atom. The minimum Gasteiger partial charge on any atom is -0.484 e. The Labute approximate surface area is 139 Å². The zero-order chi connectivity index (χ0) is 15.5. The summed E-state index contributed by atoms with van der Waals surface area (Å²) in [5.74, 6) is 0.413. The molecule has 1 aliphatic rings. The van der Waals surface area contributed by atoms with Crippen molar-refractivity contribution >= 4 is 34.8 Å². The SMILES string of the molecule is O=C(COc1ccc2c(c1)CCC2)Nc1c(Cl)cccc1Cl. The highest BCUT2D eigenvalue weighted by atomic mass is 35.5. The van der Waals surface area contributed by atoms with Crippen LogP contribution in [0.2, 0.25) is 10.0 Å². The molecule has 0 bridgehead atoms. The lowest BCUT2D eigenvalue weighted by Crippen LogP contribution is -2.20. The van der Waals surface area contributed by atoms with Gasteiger partial charge in [0.05, 0.1) is 15.7 Å². The van der Waals surface area contributed by atoms with Gasteiger partial charge < -0.3 is 10.1 Å². The second-order valence-corrected chi connectivity index (χ2v) is 6.03. The van der Waals surface area contributed by atoms with Crippen molar-refractivity contribution in [1.82, 2.24) is 0 Å². The second-order valence-electron chi connectivity index (χ2n) is 5.22. The Hall–Kier alpha value is -1.71. The van der Waals surface area contributed by atoms with Gasteiger partial charge >= 0.3 is 0 Å². The van der Waals surface area contributed by atoms with Crippen LogP contribution in [0.1, 0.15) is 17.5 Å². The zero-order valence-electron chi connectivity index (χ0n) is 11.9. The Balaban J connectivity index is 1.61.